The van der Waals surface area contributed by atoms with Gasteiger partial charge >= 0.3 is 6.09 Å². The number of hydrogen-bond donors (Lipinski definition) is 3. The fourth-order valence-electron chi connectivity index (χ4n) is 2.23. The van der Waals surface area contributed by atoms with Crippen LogP contribution >= 0.6 is 15.9 Å². The van der Waals surface area contributed by atoms with Crippen molar-refractivity contribution in [2.24, 2.45) is 0 Å². The number of sulfonamides is 1. The number of nitrogen functional groups attached to an aromatic ring is 1. The van der Waals surface area contributed by atoms with Crippen molar-refractivity contribution >= 4 is 37.9 Å². The number of halogens is 1. The summed E-state index contributed by atoms with van der Waals surface area (Å²) in [5.41, 5.74) is 5.58. The molecule has 1 aliphatic heterocycles. The van der Waals surface area contributed by atoms with E-state index in [9.17, 15) is 13.2 Å². The highest BCUT2D eigenvalue weighted by atomic mass is 79.9. The predicted molar refractivity (Wildman–Crippen MR) is 79.3 cm³/mol. The fourth-order valence-corrected chi connectivity index (χ4v) is 3.89. The zero-order chi connectivity index (χ0) is 15.6. The van der Waals surface area contributed by atoms with E-state index in [4.69, 9.17) is 10.8 Å². The van der Waals surface area contributed by atoms with Crippen LogP contribution in [0.5, 0.6) is 0 Å². The number of rotatable bonds is 4. The molecule has 1 aromatic rings. The lowest BCUT2D eigenvalue weighted by Crippen LogP contribution is -2.42. The van der Waals surface area contributed by atoms with Gasteiger partial charge in [0.2, 0.25) is 10.0 Å². The number of nitrogens with two attached hydrogens (primary N) is 1. The van der Waals surface area contributed by atoms with Gasteiger partial charge in [0.05, 0.1) is 0 Å². The van der Waals surface area contributed by atoms with Crippen molar-refractivity contribution in [3.63, 3.8) is 0 Å². The molecule has 8 nitrogen and oxygen atoms in total. The summed E-state index contributed by atoms with van der Waals surface area (Å²) in [5, 5.41) is 9.02. The molecule has 0 spiro atoms. The number of amides is 1. The summed E-state index contributed by atoms with van der Waals surface area (Å²) in [6.45, 7) is 0.433. The van der Waals surface area contributed by atoms with Crippen LogP contribution in [-0.2, 0) is 10.0 Å². The van der Waals surface area contributed by atoms with Crippen LogP contribution in [0.4, 0.5) is 10.6 Å². The molecule has 0 aromatic carbocycles. The number of nitrogens with zero attached hydrogens (tertiary/aromatic N) is 2. The number of nitrogens with one attached hydrogen (secondary N) is 1. The van der Waals surface area contributed by atoms with E-state index in [1.54, 1.807) is 0 Å². The lowest BCUT2D eigenvalue weighted by atomic mass is 10.2. The van der Waals surface area contributed by atoms with Crippen molar-refractivity contribution in [2.75, 3.05) is 18.8 Å². The second-order valence-electron chi connectivity index (χ2n) is 4.66. The van der Waals surface area contributed by atoms with Gasteiger partial charge in [-0.15, -0.1) is 0 Å². The van der Waals surface area contributed by atoms with Gasteiger partial charge < -0.3 is 15.7 Å². The SMILES string of the molecule is Nc1ncc(Br)cc1S(=O)(=O)NCC1CCCN1C(=O)O. The van der Waals surface area contributed by atoms with E-state index in [1.165, 1.54) is 17.2 Å². The molecule has 0 saturated carbocycles. The average molecular weight is 379 g/mol. The van der Waals surface area contributed by atoms with Crippen LogP contribution in [0.25, 0.3) is 0 Å². The Hall–Kier alpha value is -1.39. The molecule has 2 heterocycles. The molecule has 0 bridgehead atoms. The Morgan fingerprint density at radius 3 is 3.00 bits per heavy atom. The zero-order valence-corrected chi connectivity index (χ0v) is 13.4. The van der Waals surface area contributed by atoms with E-state index in [1.807, 2.05) is 0 Å². The third-order valence-electron chi connectivity index (χ3n) is 3.27. The molecule has 4 N–H and O–H groups in total. The first-order chi connectivity index (χ1) is 9.81. The average Bonchev–Trinajstić information content (AvgIpc) is 2.88. The first-order valence-corrected chi connectivity index (χ1v) is 8.49. The fraction of sp³-hybridized carbons (Fsp3) is 0.455. The molecule has 1 atom stereocenters. The van der Waals surface area contributed by atoms with Crippen LogP contribution < -0.4 is 10.5 Å². The topological polar surface area (TPSA) is 126 Å². The van der Waals surface area contributed by atoms with E-state index in [0.717, 1.165) is 6.42 Å². The van der Waals surface area contributed by atoms with Gasteiger partial charge in [0.25, 0.3) is 0 Å². The van der Waals surface area contributed by atoms with Gasteiger partial charge in [-0.25, -0.2) is 22.9 Å². The number of carbonyl (C=O) groups is 1. The number of hydrogen-bond acceptors (Lipinski definition) is 5. The Labute approximate surface area is 130 Å². The molecule has 10 heteroatoms. The summed E-state index contributed by atoms with van der Waals surface area (Å²) < 4.78 is 27.3. The van der Waals surface area contributed by atoms with E-state index >= 15 is 0 Å². The summed E-state index contributed by atoms with van der Waals surface area (Å²) in [7, 11) is -3.84. The predicted octanol–water partition coefficient (Wildman–Crippen LogP) is 0.847. The first-order valence-electron chi connectivity index (χ1n) is 6.21. The minimum Gasteiger partial charge on any atom is -0.465 e. The van der Waals surface area contributed by atoms with Crippen LogP contribution in [0.1, 0.15) is 12.8 Å². The van der Waals surface area contributed by atoms with Crippen LogP contribution in [0, 0.1) is 0 Å². The number of carboxylic acid groups (broad SMARTS) is 1. The third kappa shape index (κ3) is 3.63. The quantitative estimate of drug-likeness (QED) is 0.712. The minimum atomic E-state index is -3.84. The highest BCUT2D eigenvalue weighted by Gasteiger charge is 2.30. The Kier molecular flexibility index (Phi) is 4.69. The van der Waals surface area contributed by atoms with Crippen molar-refractivity contribution in [1.29, 1.82) is 0 Å². The van der Waals surface area contributed by atoms with E-state index in [-0.39, 0.29) is 23.3 Å². The molecule has 1 aromatic heterocycles. The smallest absolute Gasteiger partial charge is 0.407 e. The van der Waals surface area contributed by atoms with E-state index < -0.39 is 16.1 Å². The lowest BCUT2D eigenvalue weighted by Gasteiger charge is -2.21. The lowest BCUT2D eigenvalue weighted by molar-refractivity contribution is 0.140. The largest absolute Gasteiger partial charge is 0.465 e. The highest BCUT2D eigenvalue weighted by Crippen LogP contribution is 2.21. The van der Waals surface area contributed by atoms with E-state index in [0.29, 0.717) is 17.4 Å². The van der Waals surface area contributed by atoms with Crippen molar-refractivity contribution < 1.29 is 18.3 Å². The van der Waals surface area contributed by atoms with E-state index in [2.05, 4.69) is 25.6 Å². The summed E-state index contributed by atoms with van der Waals surface area (Å²) in [6.07, 6.45) is 1.71. The standard InChI is InChI=1S/C11H15BrN4O4S/c12-7-4-9(10(13)14-5-7)21(19,20)15-6-8-2-1-3-16(8)11(17)18/h4-5,8,15H,1-3,6H2,(H2,13,14)(H,17,18). The molecule has 116 valence electrons. The maximum absolute atomic E-state index is 12.2. The van der Waals surface area contributed by atoms with Gasteiger partial charge in [-0.05, 0) is 34.8 Å². The van der Waals surface area contributed by atoms with Gasteiger partial charge in [-0.1, -0.05) is 0 Å². The molecule has 1 saturated heterocycles. The molecule has 2 rings (SSSR count). The normalized spacial score (nSPS) is 18.9. The molecule has 21 heavy (non-hydrogen) atoms. The zero-order valence-electron chi connectivity index (χ0n) is 11.0. The van der Waals surface area contributed by atoms with Gasteiger partial charge in [0.1, 0.15) is 10.7 Å². The molecular formula is C11H15BrN4O4S. The molecule has 1 aliphatic rings. The Balaban J connectivity index is 2.11. The first kappa shape index (κ1) is 16.0. The Bertz CT molecular complexity index is 652. The van der Waals surface area contributed by atoms with Crippen molar-refractivity contribution in [1.82, 2.24) is 14.6 Å². The maximum atomic E-state index is 12.2. The minimum absolute atomic E-state index is 0.0145. The van der Waals surface area contributed by atoms with Crippen LogP contribution in [0.15, 0.2) is 21.6 Å². The van der Waals surface area contributed by atoms with Crippen LogP contribution in [-0.4, -0.2) is 48.6 Å². The molecule has 1 unspecified atom stereocenters. The van der Waals surface area contributed by atoms with Gasteiger partial charge in [0, 0.05) is 29.8 Å². The second kappa shape index (κ2) is 6.16. The monoisotopic (exact) mass is 378 g/mol. The van der Waals surface area contributed by atoms with Crippen LogP contribution in [0.3, 0.4) is 0 Å². The van der Waals surface area contributed by atoms with Crippen molar-refractivity contribution in [3.8, 4) is 0 Å². The van der Waals surface area contributed by atoms with Crippen LogP contribution in [0.2, 0.25) is 0 Å². The van der Waals surface area contributed by atoms with Crippen molar-refractivity contribution in [3.05, 3.63) is 16.7 Å². The molecule has 1 amide bonds. The Morgan fingerprint density at radius 2 is 2.33 bits per heavy atom. The number of likely N-dealkylation sites (tertiary alicyclic amines) is 1. The maximum Gasteiger partial charge on any atom is 0.407 e. The summed E-state index contributed by atoms with van der Waals surface area (Å²) in [5.74, 6) is -0.104. The van der Waals surface area contributed by atoms with Gasteiger partial charge in [0.15, 0.2) is 0 Å². The molecular weight excluding hydrogens is 364 g/mol. The van der Waals surface area contributed by atoms with Gasteiger partial charge in [-0.3, -0.25) is 0 Å². The number of anilines is 1. The summed E-state index contributed by atoms with van der Waals surface area (Å²) >= 11 is 3.14. The number of aromatic nitrogens is 1. The second-order valence-corrected chi connectivity index (χ2v) is 7.31. The van der Waals surface area contributed by atoms with Crippen molar-refractivity contribution in [2.45, 2.75) is 23.8 Å². The highest BCUT2D eigenvalue weighted by molar-refractivity contribution is 9.10. The molecule has 0 aliphatic carbocycles. The Morgan fingerprint density at radius 1 is 1.62 bits per heavy atom. The summed E-state index contributed by atoms with van der Waals surface area (Å²) in [4.78, 5) is 15.9. The summed E-state index contributed by atoms with van der Waals surface area (Å²) in [6, 6.07) is 0.993. The molecule has 1 fully saturated rings. The third-order valence-corrected chi connectivity index (χ3v) is 5.16. The molecule has 0 radical (unpaired) electrons. The number of pyridine rings is 1. The van der Waals surface area contributed by atoms with Gasteiger partial charge in [-0.2, -0.15) is 0 Å².